The van der Waals surface area contributed by atoms with Gasteiger partial charge in [0, 0.05) is 23.8 Å². The Kier molecular flexibility index (Phi) is 8.25. The summed E-state index contributed by atoms with van der Waals surface area (Å²) in [7, 11) is 1.31. The lowest BCUT2D eigenvalue weighted by molar-refractivity contribution is -0.271. The number of ether oxygens (including phenoxy) is 4. The molecule has 39 heavy (non-hydrogen) atoms. The molecule has 1 aliphatic rings. The van der Waals surface area contributed by atoms with Crippen molar-refractivity contribution in [3.8, 4) is 34.3 Å². The zero-order chi connectivity index (χ0) is 28.4. The molecule has 3 aromatic rings. The van der Waals surface area contributed by atoms with E-state index < -0.39 is 60.6 Å². The summed E-state index contributed by atoms with van der Waals surface area (Å²) in [6.07, 6.45) is -10.4. The first kappa shape index (κ1) is 28.1. The molecule has 0 bridgehead atoms. The normalized spacial score (nSPS) is 23.8. The first-order valence-electron chi connectivity index (χ1n) is 11.5. The van der Waals surface area contributed by atoms with E-state index in [-0.39, 0.29) is 46.1 Å². The van der Waals surface area contributed by atoms with Crippen LogP contribution in [-0.2, 0) is 9.53 Å². The number of aliphatic carboxylic acids is 1. The number of fused-ring (bicyclic) bond motifs is 1. The largest absolute Gasteiger partial charge is 0.507 e. The second kappa shape index (κ2) is 11.4. The number of carboxylic acids is 1. The van der Waals surface area contributed by atoms with Gasteiger partial charge in [-0.15, -0.1) is 0 Å². The fraction of sp³-hybridized carbons (Fsp3) is 0.360. The van der Waals surface area contributed by atoms with Crippen LogP contribution in [0.5, 0.6) is 23.0 Å². The van der Waals surface area contributed by atoms with Gasteiger partial charge in [-0.1, -0.05) is 0 Å². The zero-order valence-corrected chi connectivity index (χ0v) is 20.3. The highest BCUT2D eigenvalue weighted by Gasteiger charge is 2.48. The van der Waals surface area contributed by atoms with E-state index in [0.717, 1.165) is 12.1 Å². The molecular weight excluding hydrogens is 524 g/mol. The van der Waals surface area contributed by atoms with Crippen molar-refractivity contribution in [2.75, 3.05) is 20.3 Å². The lowest BCUT2D eigenvalue weighted by atomic mass is 9.99. The lowest BCUT2D eigenvalue weighted by Crippen LogP contribution is -2.61. The molecule has 14 nitrogen and oxygen atoms in total. The standard InChI is InChI=1S/C25H26O14/c1-35-15-3-2-10(4-17(15)38-25-22(32)20(30)21(31)23(39-25)24(33)34)16-7-14(29)19-13(28)5-12(6-18(19)37-16)36-9-11(27)8-26/h2-7,11,20-23,25-28,30-32H,8-9H2,1H3,(H,33,34). The first-order valence-corrected chi connectivity index (χ1v) is 11.5. The molecule has 0 radical (unpaired) electrons. The van der Waals surface area contributed by atoms with Gasteiger partial charge in [-0.25, -0.2) is 4.79 Å². The monoisotopic (exact) mass is 550 g/mol. The van der Waals surface area contributed by atoms with Gasteiger partial charge in [0.25, 0.3) is 0 Å². The van der Waals surface area contributed by atoms with E-state index in [0.29, 0.717) is 0 Å². The molecule has 6 atom stereocenters. The number of phenols is 1. The summed E-state index contributed by atoms with van der Waals surface area (Å²) in [4.78, 5) is 24.2. The number of hydrogen-bond acceptors (Lipinski definition) is 13. The minimum absolute atomic E-state index is 0.0101. The number of methoxy groups -OCH3 is 1. The Morgan fingerprint density at radius 2 is 1.79 bits per heavy atom. The molecule has 1 saturated heterocycles. The molecule has 2 heterocycles. The predicted molar refractivity (Wildman–Crippen MR) is 130 cm³/mol. The number of phenolic OH excluding ortho intramolecular Hbond substituents is 1. The van der Waals surface area contributed by atoms with Crippen LogP contribution in [0.3, 0.4) is 0 Å². The van der Waals surface area contributed by atoms with E-state index in [1.165, 1.54) is 31.4 Å². The molecule has 1 aliphatic heterocycles. The van der Waals surface area contributed by atoms with Crippen molar-refractivity contribution in [3.05, 3.63) is 46.6 Å². The topological polar surface area (TPSA) is 226 Å². The Morgan fingerprint density at radius 1 is 1.05 bits per heavy atom. The lowest BCUT2D eigenvalue weighted by Gasteiger charge is -2.38. The van der Waals surface area contributed by atoms with E-state index in [2.05, 4.69) is 0 Å². The van der Waals surface area contributed by atoms with Gasteiger partial charge in [0.2, 0.25) is 6.29 Å². The Morgan fingerprint density at radius 3 is 2.46 bits per heavy atom. The van der Waals surface area contributed by atoms with Gasteiger partial charge in [-0.05, 0) is 18.2 Å². The van der Waals surface area contributed by atoms with Crippen LogP contribution in [0.4, 0.5) is 0 Å². The van der Waals surface area contributed by atoms with Crippen molar-refractivity contribution >= 4 is 16.9 Å². The molecule has 2 aromatic carbocycles. The van der Waals surface area contributed by atoms with Crippen LogP contribution >= 0.6 is 0 Å². The molecule has 14 heteroatoms. The van der Waals surface area contributed by atoms with Crippen LogP contribution in [-0.4, -0.2) is 98.8 Å². The van der Waals surface area contributed by atoms with Crippen molar-refractivity contribution in [2.45, 2.75) is 36.8 Å². The average molecular weight is 550 g/mol. The van der Waals surface area contributed by atoms with Crippen molar-refractivity contribution in [2.24, 2.45) is 0 Å². The van der Waals surface area contributed by atoms with Crippen molar-refractivity contribution in [3.63, 3.8) is 0 Å². The maximum atomic E-state index is 12.8. The van der Waals surface area contributed by atoms with Crippen LogP contribution in [0.1, 0.15) is 0 Å². The molecule has 1 fully saturated rings. The smallest absolute Gasteiger partial charge is 0.335 e. The second-order valence-electron chi connectivity index (χ2n) is 8.66. The summed E-state index contributed by atoms with van der Waals surface area (Å²) in [6.45, 7) is -0.825. The molecule has 1 aromatic heterocycles. The summed E-state index contributed by atoms with van der Waals surface area (Å²) in [5.41, 5.74) is -0.403. The fourth-order valence-electron chi connectivity index (χ4n) is 3.91. The predicted octanol–water partition coefficient (Wildman–Crippen LogP) is -0.823. The van der Waals surface area contributed by atoms with Crippen LogP contribution in [0, 0.1) is 0 Å². The van der Waals surface area contributed by atoms with Crippen LogP contribution in [0.25, 0.3) is 22.3 Å². The molecular formula is C25H26O14. The number of carboxylic acid groups (broad SMARTS) is 1. The fourth-order valence-corrected chi connectivity index (χ4v) is 3.91. The van der Waals surface area contributed by atoms with Crippen molar-refractivity contribution in [1.29, 1.82) is 0 Å². The number of aromatic hydroxyl groups is 1. The minimum Gasteiger partial charge on any atom is -0.507 e. The quantitative estimate of drug-likeness (QED) is 0.173. The van der Waals surface area contributed by atoms with Crippen LogP contribution in [0.2, 0.25) is 0 Å². The number of hydrogen-bond donors (Lipinski definition) is 7. The first-order chi connectivity index (χ1) is 18.5. The summed E-state index contributed by atoms with van der Waals surface area (Å²) < 4.78 is 27.2. The zero-order valence-electron chi connectivity index (χ0n) is 20.3. The number of carbonyl (C=O) groups is 1. The number of aliphatic hydroxyl groups excluding tert-OH is 5. The Labute approximate surface area is 219 Å². The van der Waals surface area contributed by atoms with E-state index in [4.69, 9.17) is 28.5 Å². The average Bonchev–Trinajstić information content (AvgIpc) is 2.91. The van der Waals surface area contributed by atoms with Crippen molar-refractivity contribution in [1.82, 2.24) is 0 Å². The van der Waals surface area contributed by atoms with E-state index >= 15 is 0 Å². The van der Waals surface area contributed by atoms with Crippen LogP contribution in [0.15, 0.2) is 45.6 Å². The van der Waals surface area contributed by atoms with Gasteiger partial charge >= 0.3 is 5.97 Å². The molecule has 210 valence electrons. The third-order valence-corrected chi connectivity index (χ3v) is 5.94. The number of aliphatic hydroxyl groups is 5. The molecule has 0 spiro atoms. The van der Waals surface area contributed by atoms with Gasteiger partial charge in [-0.2, -0.15) is 0 Å². The van der Waals surface area contributed by atoms with E-state index in [1.807, 2.05) is 0 Å². The van der Waals surface area contributed by atoms with Crippen LogP contribution < -0.4 is 19.6 Å². The molecule has 7 N–H and O–H groups in total. The summed E-state index contributed by atoms with van der Waals surface area (Å²) >= 11 is 0. The molecule has 4 rings (SSSR count). The van der Waals surface area contributed by atoms with Gasteiger partial charge in [0.15, 0.2) is 23.0 Å². The highest BCUT2D eigenvalue weighted by molar-refractivity contribution is 5.86. The molecule has 6 unspecified atom stereocenters. The summed E-state index contributed by atoms with van der Waals surface area (Å²) in [6, 6.07) is 7.85. The van der Waals surface area contributed by atoms with Gasteiger partial charge in [0.1, 0.15) is 59.3 Å². The number of rotatable bonds is 9. The SMILES string of the molecule is COc1ccc(-c2cc(=O)c3c(O)cc(OCC(O)CO)cc3o2)cc1OC1OC(C(=O)O)C(O)C(O)C1O. The Hall–Kier alpha value is -3.92. The van der Waals surface area contributed by atoms with Gasteiger partial charge in [-0.3, -0.25) is 4.79 Å². The van der Waals surface area contributed by atoms with E-state index in [9.17, 15) is 40.2 Å². The molecule has 0 amide bonds. The van der Waals surface area contributed by atoms with Crippen molar-refractivity contribution < 1.29 is 63.9 Å². The third kappa shape index (κ3) is 5.75. The highest BCUT2D eigenvalue weighted by Crippen LogP contribution is 2.37. The second-order valence-corrected chi connectivity index (χ2v) is 8.66. The summed E-state index contributed by atoms with van der Waals surface area (Å²) in [5, 5.41) is 68.2. The number of benzene rings is 2. The maximum Gasteiger partial charge on any atom is 0.335 e. The molecule has 0 saturated carbocycles. The minimum atomic E-state index is -1.91. The van der Waals surface area contributed by atoms with Gasteiger partial charge in [0.05, 0.1) is 13.7 Å². The molecule has 0 aliphatic carbocycles. The third-order valence-electron chi connectivity index (χ3n) is 5.94. The Balaban J connectivity index is 1.70. The Bertz CT molecular complexity index is 1400. The summed E-state index contributed by atoms with van der Waals surface area (Å²) in [5.74, 6) is -1.93. The van der Waals surface area contributed by atoms with E-state index in [1.54, 1.807) is 0 Å². The highest BCUT2D eigenvalue weighted by atomic mass is 16.7. The maximum absolute atomic E-state index is 12.8. The van der Waals surface area contributed by atoms with Gasteiger partial charge < -0.3 is 59.1 Å².